The number of aromatic nitrogens is 2. The van der Waals surface area contributed by atoms with Crippen LogP contribution in [0.5, 0.6) is 11.5 Å². The van der Waals surface area contributed by atoms with E-state index >= 15 is 0 Å². The van der Waals surface area contributed by atoms with Gasteiger partial charge in [0, 0.05) is 101 Å². The Morgan fingerprint density at radius 2 is 1.71 bits per heavy atom. The molecule has 7 rings (SSSR count). The van der Waals surface area contributed by atoms with Gasteiger partial charge < -0.3 is 55.0 Å². The third kappa shape index (κ3) is 9.34. The number of aryl methyl sites for hydroxylation is 1. The van der Waals surface area contributed by atoms with Gasteiger partial charge in [0.2, 0.25) is 5.78 Å². The lowest BCUT2D eigenvalue weighted by Gasteiger charge is -2.39. The number of phenols is 1. The molecule has 1 aromatic carbocycles. The number of carbonyl (C=O) groups is 4. The maximum Gasteiger partial charge on any atom is 0.342 e. The van der Waals surface area contributed by atoms with E-state index in [0.717, 1.165) is 0 Å². The lowest BCUT2D eigenvalue weighted by molar-refractivity contribution is -0.392. The smallest absolute Gasteiger partial charge is 0.342 e. The topological polar surface area (TPSA) is 267 Å². The Balaban J connectivity index is 1.31. The molecule has 5 N–H and O–H groups in total. The van der Waals surface area contributed by atoms with Crippen molar-refractivity contribution in [3.63, 3.8) is 0 Å². The zero-order chi connectivity index (χ0) is 50.4. The van der Waals surface area contributed by atoms with Crippen LogP contribution in [-0.4, -0.2) is 126 Å². The van der Waals surface area contributed by atoms with Crippen molar-refractivity contribution < 1.29 is 58.4 Å². The maximum atomic E-state index is 14.9. The molecule has 4 bridgehead atoms. The molecule has 1 saturated heterocycles. The van der Waals surface area contributed by atoms with Crippen molar-refractivity contribution in [3.8, 4) is 11.5 Å². The zero-order valence-corrected chi connectivity index (χ0v) is 40.7. The van der Waals surface area contributed by atoms with Crippen molar-refractivity contribution in [2.75, 3.05) is 26.7 Å². The molecule has 9 atom stereocenters. The monoisotopic (exact) mass is 957 g/mol. The summed E-state index contributed by atoms with van der Waals surface area (Å²) in [7, 11) is 1.46. The van der Waals surface area contributed by atoms with Crippen molar-refractivity contribution in [3.05, 3.63) is 91.9 Å². The molecule has 1 spiro atoms. The average Bonchev–Trinajstić information content (AvgIpc) is 3.96. The fourth-order valence-electron chi connectivity index (χ4n) is 10.2. The number of aliphatic hydroxyl groups is 2. The van der Waals surface area contributed by atoms with Crippen LogP contribution < -0.4 is 15.4 Å². The molecule has 1 aliphatic carbocycles. The number of allylic oxidation sites excluding steroid dienone is 4. The van der Waals surface area contributed by atoms with Gasteiger partial charge in [0.15, 0.2) is 5.82 Å². The fraction of sp³-hybridized carbons (Fsp3) is 0.551. The number of nitro groups is 1. The summed E-state index contributed by atoms with van der Waals surface area (Å²) in [4.78, 5) is 78.9. The van der Waals surface area contributed by atoms with Crippen molar-refractivity contribution in [1.29, 1.82) is 0 Å². The molecule has 0 saturated carbocycles. The highest BCUT2D eigenvalue weighted by Crippen LogP contribution is 2.50. The number of hydrogen-bond acceptors (Lipinski definition) is 17. The number of fused-ring (bicyclic) bond motifs is 1. The van der Waals surface area contributed by atoms with E-state index < -0.39 is 93.7 Å². The minimum Gasteiger partial charge on any atom is -0.507 e. The van der Waals surface area contributed by atoms with Gasteiger partial charge in [-0.2, -0.15) is 0 Å². The van der Waals surface area contributed by atoms with E-state index in [0.29, 0.717) is 51.3 Å². The van der Waals surface area contributed by atoms with Gasteiger partial charge in [0.1, 0.15) is 41.7 Å². The molecule has 2 aromatic rings. The first-order valence-electron chi connectivity index (χ1n) is 23.4. The van der Waals surface area contributed by atoms with Gasteiger partial charge in [0.25, 0.3) is 11.7 Å². The van der Waals surface area contributed by atoms with Gasteiger partial charge in [0.05, 0.1) is 47.1 Å². The van der Waals surface area contributed by atoms with Crippen LogP contribution in [0.3, 0.4) is 0 Å². The number of aromatic hydroxyl groups is 1. The number of hydrogen-bond donors (Lipinski definition) is 5. The van der Waals surface area contributed by atoms with Crippen LogP contribution in [0.4, 0.5) is 5.82 Å². The van der Waals surface area contributed by atoms with Crippen LogP contribution in [0.2, 0.25) is 0 Å². The van der Waals surface area contributed by atoms with Crippen LogP contribution in [0.1, 0.15) is 105 Å². The molecule has 0 radical (unpaired) electrons. The Morgan fingerprint density at radius 1 is 1.01 bits per heavy atom. The molecule has 0 unspecified atom stereocenters. The maximum absolute atomic E-state index is 14.9. The molecule has 4 aliphatic heterocycles. The van der Waals surface area contributed by atoms with E-state index in [1.807, 2.05) is 6.92 Å². The lowest BCUT2D eigenvalue weighted by Crippen LogP contribution is -2.50. The zero-order valence-electron chi connectivity index (χ0n) is 40.7. The van der Waals surface area contributed by atoms with E-state index in [1.54, 1.807) is 57.4 Å². The van der Waals surface area contributed by atoms with Crippen molar-refractivity contribution >= 4 is 35.0 Å². The second-order valence-electron chi connectivity index (χ2n) is 19.0. The Hall–Kier alpha value is -6.22. The van der Waals surface area contributed by atoms with E-state index in [1.165, 1.54) is 46.4 Å². The third-order valence-electron chi connectivity index (χ3n) is 14.5. The van der Waals surface area contributed by atoms with E-state index in [4.69, 9.17) is 23.9 Å². The van der Waals surface area contributed by atoms with Crippen LogP contribution in [-0.2, 0) is 30.3 Å². The second-order valence-corrected chi connectivity index (χ2v) is 19.0. The number of esters is 1. The number of carbonyl (C=O) groups excluding carboxylic acids is 4. The molecule has 1 amide bonds. The van der Waals surface area contributed by atoms with Gasteiger partial charge in [-0.25, -0.2) is 9.55 Å². The number of nitrogens with zero attached hydrogens (tertiary/aromatic N) is 5. The highest BCUT2D eigenvalue weighted by atomic mass is 16.7. The third-order valence-corrected chi connectivity index (χ3v) is 14.5. The highest BCUT2D eigenvalue weighted by molar-refractivity contribution is 6.34. The first-order chi connectivity index (χ1) is 32.6. The number of aliphatic imine (C=N–C) groups is 1. The van der Waals surface area contributed by atoms with Gasteiger partial charge >= 0.3 is 17.6 Å². The molecule has 1 fully saturated rings. The highest BCUT2D eigenvalue weighted by Gasteiger charge is 2.54. The Bertz CT molecular complexity index is 2590. The second kappa shape index (κ2) is 19.6. The number of ketones is 2. The molecule has 372 valence electrons. The minimum absolute atomic E-state index is 0.0195. The molecular weight excluding hydrogens is 895 g/mol. The van der Waals surface area contributed by atoms with Gasteiger partial charge in [-0.1, -0.05) is 45.9 Å². The number of likely N-dealkylation sites (tertiary alicyclic amines) is 1. The Labute approximate surface area is 400 Å². The van der Waals surface area contributed by atoms with Crippen LogP contribution >= 0.6 is 0 Å². The summed E-state index contributed by atoms with van der Waals surface area (Å²) in [5.41, 5.74) is -0.920. The number of nitrogens with one attached hydrogen (secondary N) is 2. The van der Waals surface area contributed by atoms with Crippen molar-refractivity contribution in [2.24, 2.45) is 28.7 Å². The standard InChI is InChI=1S/C49H63N7O13/c1-11-31-32(66-10)15-22-67-48(9)46(62)36-34-35(42(60)28(6)45(36)69-48)43(61)39(51-47(63)25(3)14-12-13-24(2)40(58)26(4)41(59)27(5)44(31)68-30(8)57)38-37(34)52-49(53-38)16-18-54(19-17-49)20-21-55-29(7)50-23-33(55)56(64)65/h12-15,22-24,26-27,31-32,40-41,44,53,58-60H,11,16-21H2,1-10H3,(H,51,63)/b13-12+,22-15+,25-14-/t24-,26+,27+,31+,32-,40-,41+,44-,48-/m0/s1. The average molecular weight is 958 g/mol. The summed E-state index contributed by atoms with van der Waals surface area (Å²) < 4.78 is 25.8. The fourth-order valence-corrected chi connectivity index (χ4v) is 10.2. The van der Waals surface area contributed by atoms with Crippen LogP contribution in [0.25, 0.3) is 0 Å². The van der Waals surface area contributed by atoms with E-state index in [-0.39, 0.29) is 56.5 Å². The number of methoxy groups -OCH3 is 1. The van der Waals surface area contributed by atoms with Crippen LogP contribution in [0.15, 0.2) is 58.7 Å². The first kappa shape index (κ1) is 50.7. The minimum atomic E-state index is -2.03. The number of piperidine rings is 1. The quantitative estimate of drug-likeness (QED) is 0.146. The molecular formula is C49H63N7O13. The van der Waals surface area contributed by atoms with Gasteiger partial charge in [-0.15, -0.1) is 0 Å². The van der Waals surface area contributed by atoms with E-state index in [2.05, 4.69) is 20.5 Å². The van der Waals surface area contributed by atoms with Crippen molar-refractivity contribution in [1.82, 2.24) is 25.1 Å². The summed E-state index contributed by atoms with van der Waals surface area (Å²) in [5, 5.41) is 52.9. The molecule has 69 heavy (non-hydrogen) atoms. The first-order valence-corrected chi connectivity index (χ1v) is 23.4. The predicted molar refractivity (Wildman–Crippen MR) is 250 cm³/mol. The molecule has 1 aromatic heterocycles. The number of ether oxygens (including phenoxy) is 4. The molecule has 5 heterocycles. The largest absolute Gasteiger partial charge is 0.507 e. The molecule has 20 nitrogen and oxygen atoms in total. The Morgan fingerprint density at radius 3 is 2.35 bits per heavy atom. The number of amides is 1. The summed E-state index contributed by atoms with van der Waals surface area (Å²) in [6, 6.07) is 0. The van der Waals surface area contributed by atoms with Crippen molar-refractivity contribution in [2.45, 2.75) is 124 Å². The van der Waals surface area contributed by atoms with Gasteiger partial charge in [-0.05, 0) is 31.3 Å². The number of aliphatic hydroxyl groups excluding tert-OH is 2. The lowest BCUT2D eigenvalue weighted by atomic mass is 9.77. The number of imidazole rings is 1. The van der Waals surface area contributed by atoms with Crippen LogP contribution in [0, 0.1) is 47.6 Å². The summed E-state index contributed by atoms with van der Waals surface area (Å²) in [6.45, 7) is 16.3. The summed E-state index contributed by atoms with van der Waals surface area (Å²) in [5.74, 6) is -7.28. The predicted octanol–water partition coefficient (Wildman–Crippen LogP) is 4.46. The summed E-state index contributed by atoms with van der Waals surface area (Å²) in [6.07, 6.45) is 6.14. The van der Waals surface area contributed by atoms with Gasteiger partial charge in [-0.3, -0.25) is 29.1 Å². The Kier molecular flexibility index (Phi) is 14.4. The number of phenolic OH excluding ortho intramolecular Hbond substituents is 1. The number of benzene rings is 1. The SMILES string of the molecule is CC[C@H]1[C@@H](OC(C)=O)[C@H](C)[C@H](O)[C@H](C)[C@@H](O)[C@@H](C)/C=C/C=C(/C)C(=O)NC2=C3NC4(CCN(CCn5c([N+](=O)[O-])cnc5C)CC4)N=C3c3c(c(O)c(C)c4c3C(=O)[C@@](C)(O/C=C/[C@@H]1OC)O4)C2=O. The molecule has 20 heteroatoms. The molecule has 5 aliphatic rings. The van der Waals surface area contributed by atoms with E-state index in [9.17, 15) is 44.6 Å². The normalized spacial score (nSPS) is 31.2. The number of rotatable bonds is 7. The number of Topliss-reactive ketones (excluding diaryl/α,β-unsaturated/α-hetero) is 2. The summed E-state index contributed by atoms with van der Waals surface area (Å²) >= 11 is 0.